The Hall–Kier alpha value is -0.130. The fourth-order valence-corrected chi connectivity index (χ4v) is 1.71. The lowest BCUT2D eigenvalue weighted by Crippen LogP contribution is -2.56. The van der Waals surface area contributed by atoms with Crippen molar-refractivity contribution in [2.45, 2.75) is 13.0 Å². The van der Waals surface area contributed by atoms with Crippen molar-refractivity contribution in [2.24, 2.45) is 0 Å². The van der Waals surface area contributed by atoms with Gasteiger partial charge in [-0.3, -0.25) is 0 Å². The minimum absolute atomic E-state index is 0.248. The summed E-state index contributed by atoms with van der Waals surface area (Å²) >= 11 is 0. The van der Waals surface area contributed by atoms with Crippen molar-refractivity contribution in [3.63, 3.8) is 0 Å². The summed E-state index contributed by atoms with van der Waals surface area (Å²) in [7, 11) is -2.78. The van der Waals surface area contributed by atoms with Crippen molar-refractivity contribution in [1.82, 2.24) is 10.6 Å². The third kappa shape index (κ3) is 3.08. The van der Waals surface area contributed by atoms with Crippen LogP contribution in [0, 0.1) is 0 Å². The summed E-state index contributed by atoms with van der Waals surface area (Å²) in [6.45, 7) is 4.20. The van der Waals surface area contributed by atoms with Crippen LogP contribution in [-0.2, 0) is 9.84 Å². The van der Waals surface area contributed by atoms with Gasteiger partial charge in [-0.1, -0.05) is 6.92 Å². The van der Waals surface area contributed by atoms with Crippen LogP contribution in [-0.4, -0.2) is 45.6 Å². The zero-order valence-electron chi connectivity index (χ0n) is 7.34. The summed E-state index contributed by atoms with van der Waals surface area (Å²) < 4.78 is 22.1. The molecule has 12 heavy (non-hydrogen) atoms. The number of rotatable bonds is 5. The Bertz CT molecular complexity index is 222. The molecule has 0 aromatic heterocycles. The largest absolute Gasteiger partial charge is 0.314 e. The van der Waals surface area contributed by atoms with Gasteiger partial charge in [-0.25, -0.2) is 8.42 Å². The zero-order chi connectivity index (χ0) is 9.03. The van der Waals surface area contributed by atoms with E-state index in [1.165, 1.54) is 0 Å². The van der Waals surface area contributed by atoms with Crippen LogP contribution < -0.4 is 10.6 Å². The van der Waals surface area contributed by atoms with Crippen molar-refractivity contribution in [1.29, 1.82) is 0 Å². The van der Waals surface area contributed by atoms with Gasteiger partial charge in [-0.05, 0) is 0 Å². The van der Waals surface area contributed by atoms with Crippen molar-refractivity contribution >= 4 is 9.84 Å². The summed E-state index contributed by atoms with van der Waals surface area (Å²) in [5.41, 5.74) is 0. The minimum Gasteiger partial charge on any atom is -0.314 e. The van der Waals surface area contributed by atoms with Crippen LogP contribution in [0.25, 0.3) is 0 Å². The lowest BCUT2D eigenvalue weighted by atomic mass is 10.2. The van der Waals surface area contributed by atoms with Crippen LogP contribution in [0.15, 0.2) is 0 Å². The van der Waals surface area contributed by atoms with Crippen LogP contribution in [0.1, 0.15) is 6.92 Å². The summed E-state index contributed by atoms with van der Waals surface area (Å²) in [5, 5.41) is 6.28. The van der Waals surface area contributed by atoms with Crippen LogP contribution in [0.2, 0.25) is 0 Å². The number of sulfone groups is 1. The molecule has 1 aliphatic rings. The minimum atomic E-state index is -2.78. The van der Waals surface area contributed by atoms with Crippen molar-refractivity contribution in [3.8, 4) is 0 Å². The SMILES string of the molecule is CCS(=O)(=O)CCNC1CNC1. The van der Waals surface area contributed by atoms with E-state index >= 15 is 0 Å². The lowest BCUT2D eigenvalue weighted by molar-refractivity contribution is 0.374. The maximum atomic E-state index is 11.0. The predicted molar refractivity (Wildman–Crippen MR) is 49.0 cm³/mol. The number of hydrogen-bond acceptors (Lipinski definition) is 4. The second-order valence-electron chi connectivity index (χ2n) is 3.05. The molecule has 0 atom stereocenters. The third-order valence-electron chi connectivity index (χ3n) is 2.07. The Balaban J connectivity index is 2.08. The number of hydrogen-bond donors (Lipinski definition) is 2. The van der Waals surface area contributed by atoms with E-state index in [1.807, 2.05) is 0 Å². The van der Waals surface area contributed by atoms with Crippen LogP contribution in [0.5, 0.6) is 0 Å². The molecule has 1 rings (SSSR count). The molecule has 1 heterocycles. The van der Waals surface area contributed by atoms with E-state index in [4.69, 9.17) is 0 Å². The molecule has 5 heteroatoms. The first-order valence-electron chi connectivity index (χ1n) is 4.28. The first-order chi connectivity index (χ1) is 5.64. The topological polar surface area (TPSA) is 58.2 Å². The van der Waals surface area contributed by atoms with Gasteiger partial charge in [-0.2, -0.15) is 0 Å². The van der Waals surface area contributed by atoms with Gasteiger partial charge in [-0.15, -0.1) is 0 Å². The molecule has 0 radical (unpaired) electrons. The van der Waals surface area contributed by atoms with Gasteiger partial charge in [0.15, 0.2) is 9.84 Å². The van der Waals surface area contributed by atoms with E-state index in [1.54, 1.807) is 6.92 Å². The Morgan fingerprint density at radius 3 is 2.58 bits per heavy atom. The molecular formula is C7H16N2O2S. The van der Waals surface area contributed by atoms with Crippen LogP contribution >= 0.6 is 0 Å². The smallest absolute Gasteiger partial charge is 0.151 e. The second kappa shape index (κ2) is 4.20. The summed E-state index contributed by atoms with van der Waals surface area (Å²) in [5.74, 6) is 0.512. The molecule has 2 N–H and O–H groups in total. The standard InChI is InChI=1S/C7H16N2O2S/c1-2-12(10,11)4-3-9-7-5-8-6-7/h7-9H,2-6H2,1H3. The highest BCUT2D eigenvalue weighted by Gasteiger charge is 2.16. The van der Waals surface area contributed by atoms with Crippen molar-refractivity contribution in [3.05, 3.63) is 0 Å². The van der Waals surface area contributed by atoms with E-state index in [-0.39, 0.29) is 11.5 Å². The van der Waals surface area contributed by atoms with Gasteiger partial charge in [0.25, 0.3) is 0 Å². The van der Waals surface area contributed by atoms with E-state index < -0.39 is 9.84 Å². The molecule has 72 valence electrons. The zero-order valence-corrected chi connectivity index (χ0v) is 8.15. The molecule has 1 fully saturated rings. The molecule has 0 aliphatic carbocycles. The molecule has 0 aromatic rings. The highest BCUT2D eigenvalue weighted by molar-refractivity contribution is 7.91. The Morgan fingerprint density at radius 2 is 2.17 bits per heavy atom. The van der Waals surface area contributed by atoms with Crippen LogP contribution in [0.3, 0.4) is 0 Å². The molecule has 1 aliphatic heterocycles. The number of nitrogens with one attached hydrogen (secondary N) is 2. The molecule has 1 saturated heterocycles. The summed E-state index contributed by atoms with van der Waals surface area (Å²) in [6, 6.07) is 0.483. The average molecular weight is 192 g/mol. The fraction of sp³-hybridized carbons (Fsp3) is 1.00. The third-order valence-corrected chi connectivity index (χ3v) is 3.77. The van der Waals surface area contributed by atoms with Gasteiger partial charge in [0.1, 0.15) is 0 Å². The van der Waals surface area contributed by atoms with Crippen molar-refractivity contribution in [2.75, 3.05) is 31.1 Å². The molecule has 4 nitrogen and oxygen atoms in total. The maximum Gasteiger partial charge on any atom is 0.151 e. The van der Waals surface area contributed by atoms with E-state index in [2.05, 4.69) is 10.6 Å². The second-order valence-corrected chi connectivity index (χ2v) is 5.52. The Morgan fingerprint density at radius 1 is 1.50 bits per heavy atom. The quantitative estimate of drug-likeness (QED) is 0.585. The van der Waals surface area contributed by atoms with Gasteiger partial charge in [0, 0.05) is 31.4 Å². The van der Waals surface area contributed by atoms with Gasteiger partial charge < -0.3 is 10.6 Å². The highest BCUT2D eigenvalue weighted by Crippen LogP contribution is 1.91. The normalized spacial score (nSPS) is 19.1. The summed E-state index contributed by atoms with van der Waals surface area (Å²) in [6.07, 6.45) is 0. The van der Waals surface area contributed by atoms with E-state index in [0.717, 1.165) is 13.1 Å². The molecule has 0 aromatic carbocycles. The van der Waals surface area contributed by atoms with Gasteiger partial charge in [0.05, 0.1) is 5.75 Å². The first-order valence-corrected chi connectivity index (χ1v) is 6.10. The predicted octanol–water partition coefficient (Wildman–Crippen LogP) is -1.02. The Kier molecular flexibility index (Phi) is 3.49. The van der Waals surface area contributed by atoms with Gasteiger partial charge in [0.2, 0.25) is 0 Å². The first kappa shape index (κ1) is 9.95. The Labute approximate surface area is 73.6 Å². The molecule has 0 saturated carbocycles. The molecular weight excluding hydrogens is 176 g/mol. The maximum absolute atomic E-state index is 11.0. The molecule has 0 spiro atoms. The van der Waals surface area contributed by atoms with Crippen LogP contribution in [0.4, 0.5) is 0 Å². The van der Waals surface area contributed by atoms with E-state index in [0.29, 0.717) is 12.6 Å². The fourth-order valence-electron chi connectivity index (χ4n) is 0.996. The molecule has 0 bridgehead atoms. The summed E-state index contributed by atoms with van der Waals surface area (Å²) in [4.78, 5) is 0. The highest BCUT2D eigenvalue weighted by atomic mass is 32.2. The van der Waals surface area contributed by atoms with E-state index in [9.17, 15) is 8.42 Å². The van der Waals surface area contributed by atoms with Gasteiger partial charge >= 0.3 is 0 Å². The average Bonchev–Trinajstić information content (AvgIpc) is 1.95. The lowest BCUT2D eigenvalue weighted by Gasteiger charge is -2.27. The van der Waals surface area contributed by atoms with Crippen molar-refractivity contribution < 1.29 is 8.42 Å². The molecule has 0 unspecified atom stereocenters. The molecule has 0 amide bonds. The monoisotopic (exact) mass is 192 g/mol.